The highest BCUT2D eigenvalue weighted by atomic mass is 79.9. The van der Waals surface area contributed by atoms with Crippen LogP contribution < -0.4 is 11.1 Å². The Balaban J connectivity index is 2.21. The van der Waals surface area contributed by atoms with Crippen molar-refractivity contribution in [1.29, 1.82) is 0 Å². The molecule has 1 aromatic carbocycles. The average molecular weight is 552 g/mol. The van der Waals surface area contributed by atoms with Crippen LogP contribution in [-0.2, 0) is 22.2 Å². The molecule has 1 heterocycles. The Morgan fingerprint density at radius 3 is 2.56 bits per heavy atom. The summed E-state index contributed by atoms with van der Waals surface area (Å²) in [6.07, 6.45) is -2.27. The lowest BCUT2D eigenvalue weighted by atomic mass is 9.99. The van der Waals surface area contributed by atoms with Crippen molar-refractivity contribution < 1.29 is 32.2 Å². The maximum Gasteiger partial charge on any atom is 0.416 e. The topological polar surface area (TPSA) is 93.9 Å². The van der Waals surface area contributed by atoms with Crippen molar-refractivity contribution in [2.45, 2.75) is 77.7 Å². The normalized spacial score (nSPS) is 17.4. The third-order valence-electron chi connectivity index (χ3n) is 5.64. The SMILES string of the molecule is CCCC(C)(C)OC(=O)N[C@H]1CCCN(Cc2c(C(F)(F)F)cc(C(=O)OCC)c(N)c2Br)C1. The number of hydrogen-bond donors (Lipinski definition) is 2. The maximum absolute atomic E-state index is 13.9. The number of anilines is 1. The van der Waals surface area contributed by atoms with Crippen LogP contribution in [0, 0.1) is 0 Å². The molecule has 1 fully saturated rings. The molecule has 11 heteroatoms. The quantitative estimate of drug-likeness (QED) is 0.327. The fourth-order valence-corrected chi connectivity index (χ4v) is 4.69. The highest BCUT2D eigenvalue weighted by Gasteiger charge is 2.37. The number of hydrogen-bond acceptors (Lipinski definition) is 6. The van der Waals surface area contributed by atoms with Crippen LogP contribution >= 0.6 is 15.9 Å². The van der Waals surface area contributed by atoms with E-state index >= 15 is 0 Å². The number of nitrogen functional groups attached to an aromatic ring is 1. The van der Waals surface area contributed by atoms with Crippen LogP contribution in [0.3, 0.4) is 0 Å². The molecule has 0 aliphatic carbocycles. The molecule has 0 bridgehead atoms. The van der Waals surface area contributed by atoms with Gasteiger partial charge in [-0.15, -0.1) is 0 Å². The molecule has 192 valence electrons. The zero-order chi connectivity index (χ0) is 25.7. The van der Waals surface area contributed by atoms with Crippen LogP contribution in [0.2, 0.25) is 0 Å². The second-order valence-electron chi connectivity index (χ2n) is 9.01. The highest BCUT2D eigenvalue weighted by molar-refractivity contribution is 9.10. The second kappa shape index (κ2) is 11.6. The van der Waals surface area contributed by atoms with Crippen molar-refractivity contribution in [2.24, 2.45) is 0 Å². The summed E-state index contributed by atoms with van der Waals surface area (Å²) in [4.78, 5) is 26.3. The van der Waals surface area contributed by atoms with E-state index in [0.717, 1.165) is 12.5 Å². The Morgan fingerprint density at radius 1 is 1.29 bits per heavy atom. The first-order valence-corrected chi connectivity index (χ1v) is 12.1. The molecule has 1 atom stereocenters. The highest BCUT2D eigenvalue weighted by Crippen LogP contribution is 2.40. The van der Waals surface area contributed by atoms with Crippen LogP contribution in [0.4, 0.5) is 23.7 Å². The Labute approximate surface area is 206 Å². The van der Waals surface area contributed by atoms with Crippen molar-refractivity contribution >= 4 is 33.7 Å². The molecule has 0 unspecified atom stereocenters. The van der Waals surface area contributed by atoms with Gasteiger partial charge in [0.1, 0.15) is 5.60 Å². The third-order valence-corrected chi connectivity index (χ3v) is 6.54. The number of carbonyl (C=O) groups excluding carboxylic acids is 2. The lowest BCUT2D eigenvalue weighted by molar-refractivity contribution is -0.138. The number of rotatable bonds is 8. The zero-order valence-electron chi connectivity index (χ0n) is 20.0. The molecule has 1 saturated heterocycles. The summed E-state index contributed by atoms with van der Waals surface area (Å²) in [5.74, 6) is -0.913. The predicted octanol–water partition coefficient (Wildman–Crippen LogP) is 5.50. The van der Waals surface area contributed by atoms with E-state index in [-0.39, 0.29) is 40.5 Å². The van der Waals surface area contributed by atoms with Crippen molar-refractivity contribution in [3.63, 3.8) is 0 Å². The van der Waals surface area contributed by atoms with E-state index in [2.05, 4.69) is 21.2 Å². The molecular weight excluding hydrogens is 519 g/mol. The fraction of sp³-hybridized carbons (Fsp3) is 0.652. The lowest BCUT2D eigenvalue weighted by Gasteiger charge is -2.34. The summed E-state index contributed by atoms with van der Waals surface area (Å²) in [6.45, 7) is 8.10. The molecule has 34 heavy (non-hydrogen) atoms. The van der Waals surface area contributed by atoms with Gasteiger partial charge < -0.3 is 20.5 Å². The van der Waals surface area contributed by atoms with Crippen LogP contribution in [0.5, 0.6) is 0 Å². The second-order valence-corrected chi connectivity index (χ2v) is 9.81. The molecule has 2 rings (SSSR count). The number of amides is 1. The molecule has 1 aliphatic heterocycles. The smallest absolute Gasteiger partial charge is 0.416 e. The van der Waals surface area contributed by atoms with Crippen molar-refractivity contribution in [3.8, 4) is 0 Å². The molecule has 1 amide bonds. The standard InChI is InChI=1S/C23H33BrF3N3O4/c1-5-9-22(3,4)34-21(32)29-14-8-7-10-30(12-14)13-16-17(23(25,26)27)11-15(19(28)18(16)24)20(31)33-6-2/h11,14H,5-10,12-13,28H2,1-4H3,(H,29,32)/t14-/m0/s1. The molecular formula is C23H33BrF3N3O4. The van der Waals surface area contributed by atoms with Gasteiger partial charge in [-0.25, -0.2) is 9.59 Å². The Bertz CT molecular complexity index is 893. The number of likely N-dealkylation sites (tertiary alicyclic amines) is 1. The minimum Gasteiger partial charge on any atom is -0.462 e. The summed E-state index contributed by atoms with van der Waals surface area (Å²) >= 11 is 3.17. The Kier molecular flexibility index (Phi) is 9.64. The number of ether oxygens (including phenoxy) is 2. The van der Waals surface area contributed by atoms with Gasteiger partial charge in [-0.3, -0.25) is 4.90 Å². The number of esters is 1. The predicted molar refractivity (Wildman–Crippen MR) is 126 cm³/mol. The zero-order valence-corrected chi connectivity index (χ0v) is 21.6. The van der Waals surface area contributed by atoms with Gasteiger partial charge in [0.15, 0.2) is 0 Å². The molecule has 3 N–H and O–H groups in total. The minimum atomic E-state index is -4.70. The fourth-order valence-electron chi connectivity index (χ4n) is 4.13. The number of nitrogens with zero attached hydrogens (tertiary/aromatic N) is 1. The van der Waals surface area contributed by atoms with E-state index in [1.807, 2.05) is 25.7 Å². The first kappa shape index (κ1) is 28.2. The van der Waals surface area contributed by atoms with Crippen LogP contribution in [-0.4, -0.2) is 48.3 Å². The number of piperidine rings is 1. The number of alkyl carbamates (subject to hydrolysis) is 1. The van der Waals surface area contributed by atoms with Gasteiger partial charge in [0.25, 0.3) is 0 Å². The summed E-state index contributed by atoms with van der Waals surface area (Å²) in [5.41, 5.74) is 3.95. The van der Waals surface area contributed by atoms with Crippen molar-refractivity contribution in [3.05, 3.63) is 27.2 Å². The summed E-state index contributed by atoms with van der Waals surface area (Å²) < 4.78 is 52.1. The molecule has 1 aliphatic rings. The number of alkyl halides is 3. The molecule has 0 saturated carbocycles. The van der Waals surface area contributed by atoms with E-state index in [1.54, 1.807) is 6.92 Å². The summed E-state index contributed by atoms with van der Waals surface area (Å²) in [5, 5.41) is 2.84. The largest absolute Gasteiger partial charge is 0.462 e. The first-order valence-electron chi connectivity index (χ1n) is 11.4. The molecule has 0 aromatic heterocycles. The van der Waals surface area contributed by atoms with Crippen LogP contribution in [0.15, 0.2) is 10.5 Å². The minimum absolute atomic E-state index is 0.0131. The van der Waals surface area contributed by atoms with E-state index < -0.39 is 29.4 Å². The van der Waals surface area contributed by atoms with Crippen LogP contribution in [0.25, 0.3) is 0 Å². The van der Waals surface area contributed by atoms with Gasteiger partial charge >= 0.3 is 18.2 Å². The monoisotopic (exact) mass is 551 g/mol. The molecule has 0 spiro atoms. The number of carbonyl (C=O) groups is 2. The summed E-state index contributed by atoms with van der Waals surface area (Å²) in [7, 11) is 0. The van der Waals surface area contributed by atoms with E-state index in [1.165, 1.54) is 0 Å². The van der Waals surface area contributed by atoms with Gasteiger partial charge in [0, 0.05) is 23.6 Å². The average Bonchev–Trinajstić information content (AvgIpc) is 2.70. The van der Waals surface area contributed by atoms with Gasteiger partial charge in [-0.05, 0) is 74.1 Å². The summed E-state index contributed by atoms with van der Waals surface area (Å²) in [6, 6.07) is 0.489. The molecule has 1 aromatic rings. The Morgan fingerprint density at radius 2 is 1.97 bits per heavy atom. The van der Waals surface area contributed by atoms with Crippen LogP contribution in [0.1, 0.15) is 74.9 Å². The number of benzene rings is 1. The van der Waals surface area contributed by atoms with Crippen molar-refractivity contribution in [1.82, 2.24) is 10.2 Å². The molecule has 7 nitrogen and oxygen atoms in total. The molecule has 0 radical (unpaired) electrons. The number of nitrogens with one attached hydrogen (secondary N) is 1. The first-order chi connectivity index (χ1) is 15.8. The van der Waals surface area contributed by atoms with Gasteiger partial charge in [-0.1, -0.05) is 13.3 Å². The number of nitrogens with two attached hydrogens (primary N) is 1. The number of halogens is 4. The lowest BCUT2D eigenvalue weighted by Crippen LogP contribution is -2.49. The Hall–Kier alpha value is -2.01. The van der Waals surface area contributed by atoms with Gasteiger partial charge in [0.05, 0.1) is 23.4 Å². The maximum atomic E-state index is 13.9. The van der Waals surface area contributed by atoms with Gasteiger partial charge in [0.2, 0.25) is 0 Å². The van der Waals surface area contributed by atoms with E-state index in [4.69, 9.17) is 15.2 Å². The van der Waals surface area contributed by atoms with Gasteiger partial charge in [-0.2, -0.15) is 13.2 Å². The third kappa shape index (κ3) is 7.49. The van der Waals surface area contributed by atoms with Crippen molar-refractivity contribution in [2.75, 3.05) is 25.4 Å². The van der Waals surface area contributed by atoms with E-state index in [0.29, 0.717) is 32.4 Å². The van der Waals surface area contributed by atoms with E-state index in [9.17, 15) is 22.8 Å².